The minimum Gasteiger partial charge on any atom is -0.497 e. The standard InChI is InChI=1S/C27H29NO3/c1-28(2)16-18-30-22-13-11-20(12-14-22)27-24(21-7-6-8-23(19-21)29-3)15-17-31-26-10-5-4-9-25(26)27/h4-14,19H,15-18H2,1-3H3. The second-order valence-corrected chi connectivity index (χ2v) is 7.86. The van der Waals surface area contributed by atoms with Crippen LogP contribution < -0.4 is 14.2 Å². The van der Waals surface area contributed by atoms with Gasteiger partial charge in [0.15, 0.2) is 0 Å². The Hall–Kier alpha value is -3.24. The van der Waals surface area contributed by atoms with Gasteiger partial charge in [-0.25, -0.2) is 0 Å². The number of nitrogens with zero attached hydrogens (tertiary/aromatic N) is 1. The summed E-state index contributed by atoms with van der Waals surface area (Å²) < 4.78 is 17.5. The third-order valence-electron chi connectivity index (χ3n) is 5.44. The number of ether oxygens (including phenoxy) is 3. The number of rotatable bonds is 7. The van der Waals surface area contributed by atoms with Crippen molar-refractivity contribution in [2.45, 2.75) is 6.42 Å². The van der Waals surface area contributed by atoms with Crippen molar-refractivity contribution in [3.8, 4) is 17.2 Å². The number of hydrogen-bond acceptors (Lipinski definition) is 4. The first-order chi connectivity index (χ1) is 15.2. The lowest BCUT2D eigenvalue weighted by molar-refractivity contribution is 0.261. The van der Waals surface area contributed by atoms with E-state index in [1.807, 2.05) is 38.4 Å². The molecule has 0 atom stereocenters. The average Bonchev–Trinajstić information content (AvgIpc) is 2.99. The topological polar surface area (TPSA) is 30.9 Å². The Balaban J connectivity index is 1.78. The molecule has 0 saturated carbocycles. The Kier molecular flexibility index (Phi) is 6.58. The van der Waals surface area contributed by atoms with Crippen molar-refractivity contribution in [2.75, 3.05) is 41.0 Å². The Morgan fingerprint density at radius 2 is 1.68 bits per heavy atom. The molecule has 0 N–H and O–H groups in total. The molecular formula is C27H29NO3. The summed E-state index contributed by atoms with van der Waals surface area (Å²) in [5.41, 5.74) is 5.86. The van der Waals surface area contributed by atoms with Crippen LogP contribution in [0.15, 0.2) is 72.8 Å². The van der Waals surface area contributed by atoms with Crippen LogP contribution in [-0.4, -0.2) is 45.9 Å². The number of hydrogen-bond donors (Lipinski definition) is 0. The SMILES string of the molecule is COc1cccc(C2=C(c3ccc(OCCN(C)C)cc3)c3ccccc3OCC2)c1. The summed E-state index contributed by atoms with van der Waals surface area (Å²) in [6, 6.07) is 24.9. The van der Waals surface area contributed by atoms with Gasteiger partial charge < -0.3 is 19.1 Å². The van der Waals surface area contributed by atoms with Gasteiger partial charge in [0.05, 0.1) is 13.7 Å². The quantitative estimate of drug-likeness (QED) is 0.519. The smallest absolute Gasteiger partial charge is 0.127 e. The molecule has 31 heavy (non-hydrogen) atoms. The number of para-hydroxylation sites is 1. The van der Waals surface area contributed by atoms with Gasteiger partial charge >= 0.3 is 0 Å². The van der Waals surface area contributed by atoms with Crippen LogP contribution in [0.3, 0.4) is 0 Å². The van der Waals surface area contributed by atoms with Crippen molar-refractivity contribution in [3.05, 3.63) is 89.5 Å². The summed E-state index contributed by atoms with van der Waals surface area (Å²) >= 11 is 0. The molecule has 0 aromatic heterocycles. The van der Waals surface area contributed by atoms with E-state index in [0.717, 1.165) is 46.9 Å². The summed E-state index contributed by atoms with van der Waals surface area (Å²) in [5.74, 6) is 2.65. The molecule has 160 valence electrons. The molecule has 1 aliphatic rings. The fourth-order valence-corrected chi connectivity index (χ4v) is 3.84. The van der Waals surface area contributed by atoms with E-state index in [1.165, 1.54) is 11.1 Å². The predicted molar refractivity (Wildman–Crippen MR) is 126 cm³/mol. The van der Waals surface area contributed by atoms with Crippen LogP contribution in [-0.2, 0) is 0 Å². The third kappa shape index (κ3) is 4.92. The normalized spacial score (nSPS) is 13.4. The highest BCUT2D eigenvalue weighted by molar-refractivity contribution is 6.00. The van der Waals surface area contributed by atoms with Gasteiger partial charge in [-0.3, -0.25) is 0 Å². The minimum absolute atomic E-state index is 0.638. The van der Waals surface area contributed by atoms with Gasteiger partial charge in [0, 0.05) is 18.5 Å². The molecule has 4 heteroatoms. The van der Waals surface area contributed by atoms with Gasteiger partial charge in [0.1, 0.15) is 23.9 Å². The van der Waals surface area contributed by atoms with E-state index in [2.05, 4.69) is 53.4 Å². The number of likely N-dealkylation sites (N-methyl/N-ethyl adjacent to an activating group) is 1. The van der Waals surface area contributed by atoms with Crippen LogP contribution in [0.25, 0.3) is 11.1 Å². The van der Waals surface area contributed by atoms with Gasteiger partial charge in [-0.1, -0.05) is 42.5 Å². The first kappa shape index (κ1) is 21.0. The first-order valence-electron chi connectivity index (χ1n) is 10.6. The monoisotopic (exact) mass is 415 g/mol. The second kappa shape index (κ2) is 9.71. The number of methoxy groups -OCH3 is 1. The Morgan fingerprint density at radius 1 is 0.871 bits per heavy atom. The molecule has 0 fully saturated rings. The average molecular weight is 416 g/mol. The zero-order valence-corrected chi connectivity index (χ0v) is 18.4. The highest BCUT2D eigenvalue weighted by atomic mass is 16.5. The van der Waals surface area contributed by atoms with Gasteiger partial charge in [-0.05, 0) is 66.7 Å². The van der Waals surface area contributed by atoms with Gasteiger partial charge in [0.25, 0.3) is 0 Å². The summed E-state index contributed by atoms with van der Waals surface area (Å²) in [7, 11) is 5.80. The molecule has 0 spiro atoms. The summed E-state index contributed by atoms with van der Waals surface area (Å²) in [6.45, 7) is 2.19. The largest absolute Gasteiger partial charge is 0.497 e. The van der Waals surface area contributed by atoms with E-state index in [9.17, 15) is 0 Å². The van der Waals surface area contributed by atoms with Crippen molar-refractivity contribution >= 4 is 11.1 Å². The fraction of sp³-hybridized carbons (Fsp3) is 0.259. The molecule has 3 aromatic rings. The maximum Gasteiger partial charge on any atom is 0.127 e. The number of fused-ring (bicyclic) bond motifs is 1. The molecule has 1 heterocycles. The third-order valence-corrected chi connectivity index (χ3v) is 5.44. The Labute approximate surface area is 184 Å². The highest BCUT2D eigenvalue weighted by Gasteiger charge is 2.21. The molecule has 0 unspecified atom stereocenters. The van der Waals surface area contributed by atoms with E-state index < -0.39 is 0 Å². The molecule has 0 amide bonds. The van der Waals surface area contributed by atoms with Crippen molar-refractivity contribution in [1.82, 2.24) is 4.90 Å². The molecule has 0 saturated heterocycles. The first-order valence-corrected chi connectivity index (χ1v) is 10.6. The van der Waals surface area contributed by atoms with Crippen LogP contribution in [0.5, 0.6) is 17.2 Å². The maximum atomic E-state index is 6.11. The zero-order chi connectivity index (χ0) is 21.6. The summed E-state index contributed by atoms with van der Waals surface area (Å²) in [6.07, 6.45) is 0.818. The van der Waals surface area contributed by atoms with Gasteiger partial charge in [-0.15, -0.1) is 0 Å². The molecule has 0 radical (unpaired) electrons. The zero-order valence-electron chi connectivity index (χ0n) is 18.4. The van der Waals surface area contributed by atoms with Gasteiger partial charge in [0.2, 0.25) is 0 Å². The van der Waals surface area contributed by atoms with Crippen LogP contribution in [0.4, 0.5) is 0 Å². The van der Waals surface area contributed by atoms with E-state index in [0.29, 0.717) is 13.2 Å². The van der Waals surface area contributed by atoms with Crippen LogP contribution in [0.1, 0.15) is 23.1 Å². The lowest BCUT2D eigenvalue weighted by atomic mass is 9.88. The molecule has 4 rings (SSSR count). The van der Waals surface area contributed by atoms with Crippen molar-refractivity contribution in [3.63, 3.8) is 0 Å². The van der Waals surface area contributed by atoms with Crippen molar-refractivity contribution < 1.29 is 14.2 Å². The number of benzene rings is 3. The lowest BCUT2D eigenvalue weighted by Gasteiger charge is -2.16. The molecule has 3 aromatic carbocycles. The molecule has 4 nitrogen and oxygen atoms in total. The van der Waals surface area contributed by atoms with Crippen LogP contribution in [0.2, 0.25) is 0 Å². The summed E-state index contributed by atoms with van der Waals surface area (Å²) in [4.78, 5) is 2.11. The molecule has 1 aliphatic heterocycles. The molecule has 0 bridgehead atoms. The van der Waals surface area contributed by atoms with Crippen molar-refractivity contribution in [1.29, 1.82) is 0 Å². The van der Waals surface area contributed by atoms with Crippen LogP contribution in [0, 0.1) is 0 Å². The second-order valence-electron chi connectivity index (χ2n) is 7.86. The maximum absolute atomic E-state index is 6.11. The van der Waals surface area contributed by atoms with E-state index >= 15 is 0 Å². The molecular weight excluding hydrogens is 386 g/mol. The fourth-order valence-electron chi connectivity index (χ4n) is 3.84. The van der Waals surface area contributed by atoms with E-state index in [1.54, 1.807) is 7.11 Å². The highest BCUT2D eigenvalue weighted by Crippen LogP contribution is 2.41. The van der Waals surface area contributed by atoms with Crippen molar-refractivity contribution in [2.24, 2.45) is 0 Å². The van der Waals surface area contributed by atoms with Gasteiger partial charge in [-0.2, -0.15) is 0 Å². The molecule has 0 aliphatic carbocycles. The van der Waals surface area contributed by atoms with E-state index in [-0.39, 0.29) is 0 Å². The Bertz CT molecular complexity index is 1050. The minimum atomic E-state index is 0.638. The Morgan fingerprint density at radius 3 is 2.45 bits per heavy atom. The predicted octanol–water partition coefficient (Wildman–Crippen LogP) is 5.38. The van der Waals surface area contributed by atoms with Crippen LogP contribution >= 0.6 is 0 Å². The lowest BCUT2D eigenvalue weighted by Crippen LogP contribution is -2.19. The summed E-state index contributed by atoms with van der Waals surface area (Å²) in [5, 5.41) is 0. The van der Waals surface area contributed by atoms with E-state index in [4.69, 9.17) is 14.2 Å².